The van der Waals surface area contributed by atoms with E-state index in [4.69, 9.17) is 20.9 Å². The van der Waals surface area contributed by atoms with Gasteiger partial charge in [-0.3, -0.25) is 4.79 Å². The maximum absolute atomic E-state index is 13.7. The summed E-state index contributed by atoms with van der Waals surface area (Å²) in [6.07, 6.45) is -0.458. The van der Waals surface area contributed by atoms with E-state index in [1.54, 1.807) is 43.3 Å². The SMILES string of the molecule is CCC(Oc1ccccc1F)C(=O)NCc1nc(-c2ccc(Cl)cc2)no1. The van der Waals surface area contributed by atoms with E-state index in [1.807, 2.05) is 0 Å². The van der Waals surface area contributed by atoms with Gasteiger partial charge in [0, 0.05) is 10.6 Å². The van der Waals surface area contributed by atoms with Gasteiger partial charge in [-0.05, 0) is 42.8 Å². The zero-order valence-electron chi connectivity index (χ0n) is 14.5. The molecule has 0 spiro atoms. The fourth-order valence-corrected chi connectivity index (χ4v) is 2.46. The second kappa shape index (κ2) is 8.64. The molecule has 1 unspecified atom stereocenters. The van der Waals surface area contributed by atoms with Crippen molar-refractivity contribution in [2.24, 2.45) is 0 Å². The van der Waals surface area contributed by atoms with Crippen LogP contribution in [-0.2, 0) is 11.3 Å². The fourth-order valence-electron chi connectivity index (χ4n) is 2.34. The van der Waals surface area contributed by atoms with E-state index in [1.165, 1.54) is 12.1 Å². The first kappa shape index (κ1) is 18.8. The van der Waals surface area contributed by atoms with E-state index in [-0.39, 0.29) is 18.2 Å². The number of ether oxygens (including phenoxy) is 1. The number of carbonyl (C=O) groups is 1. The highest BCUT2D eigenvalue weighted by molar-refractivity contribution is 6.30. The minimum atomic E-state index is -0.833. The number of aromatic nitrogens is 2. The van der Waals surface area contributed by atoms with Gasteiger partial charge in [0.15, 0.2) is 17.7 Å². The molecule has 3 rings (SSSR count). The average molecular weight is 390 g/mol. The van der Waals surface area contributed by atoms with Crippen molar-refractivity contribution in [3.63, 3.8) is 0 Å². The largest absolute Gasteiger partial charge is 0.478 e. The van der Waals surface area contributed by atoms with Gasteiger partial charge < -0.3 is 14.6 Å². The molecule has 140 valence electrons. The Morgan fingerprint density at radius 3 is 2.70 bits per heavy atom. The lowest BCUT2D eigenvalue weighted by molar-refractivity contribution is -0.128. The predicted octanol–water partition coefficient (Wildman–Crippen LogP) is 4.00. The van der Waals surface area contributed by atoms with Crippen LogP contribution in [0.15, 0.2) is 53.1 Å². The van der Waals surface area contributed by atoms with E-state index in [2.05, 4.69) is 15.5 Å². The molecule has 1 atom stereocenters. The van der Waals surface area contributed by atoms with Gasteiger partial charge in [-0.15, -0.1) is 0 Å². The number of rotatable bonds is 7. The summed E-state index contributed by atoms with van der Waals surface area (Å²) in [5, 5.41) is 7.14. The van der Waals surface area contributed by atoms with Gasteiger partial charge in [-0.2, -0.15) is 4.98 Å². The topological polar surface area (TPSA) is 77.2 Å². The Hall–Kier alpha value is -2.93. The van der Waals surface area contributed by atoms with Crippen LogP contribution in [0.5, 0.6) is 5.75 Å². The fraction of sp³-hybridized carbons (Fsp3) is 0.211. The molecule has 1 amide bonds. The molecule has 0 aliphatic rings. The zero-order chi connectivity index (χ0) is 19.2. The summed E-state index contributed by atoms with van der Waals surface area (Å²) in [5.74, 6) is -0.248. The summed E-state index contributed by atoms with van der Waals surface area (Å²) >= 11 is 5.85. The summed E-state index contributed by atoms with van der Waals surface area (Å²) < 4.78 is 24.3. The minimum absolute atomic E-state index is 0.0299. The normalized spacial score (nSPS) is 11.8. The van der Waals surface area contributed by atoms with E-state index in [0.29, 0.717) is 17.3 Å². The summed E-state index contributed by atoms with van der Waals surface area (Å²) in [6, 6.07) is 12.9. The monoisotopic (exact) mass is 389 g/mol. The lowest BCUT2D eigenvalue weighted by Gasteiger charge is -2.17. The molecular weight excluding hydrogens is 373 g/mol. The van der Waals surface area contributed by atoms with Crippen LogP contribution in [-0.4, -0.2) is 22.2 Å². The van der Waals surface area contributed by atoms with Crippen LogP contribution < -0.4 is 10.1 Å². The smallest absolute Gasteiger partial charge is 0.261 e. The Morgan fingerprint density at radius 1 is 1.26 bits per heavy atom. The Kier molecular flexibility index (Phi) is 6.03. The van der Waals surface area contributed by atoms with Gasteiger partial charge in [-0.25, -0.2) is 4.39 Å². The van der Waals surface area contributed by atoms with Crippen LogP contribution in [0.2, 0.25) is 5.02 Å². The van der Waals surface area contributed by atoms with Crippen LogP contribution >= 0.6 is 11.6 Å². The number of para-hydroxylation sites is 1. The highest BCUT2D eigenvalue weighted by Crippen LogP contribution is 2.19. The molecule has 1 aromatic heterocycles. The van der Waals surface area contributed by atoms with Crippen LogP contribution in [0.3, 0.4) is 0 Å². The van der Waals surface area contributed by atoms with E-state index >= 15 is 0 Å². The molecular formula is C19H17ClFN3O3. The number of hydrogen-bond acceptors (Lipinski definition) is 5. The Balaban J connectivity index is 1.59. The van der Waals surface area contributed by atoms with Crippen LogP contribution in [0.4, 0.5) is 4.39 Å². The van der Waals surface area contributed by atoms with Crippen molar-refractivity contribution < 1.29 is 18.4 Å². The van der Waals surface area contributed by atoms with Crippen molar-refractivity contribution in [3.8, 4) is 17.1 Å². The molecule has 0 saturated heterocycles. The second-order valence-electron chi connectivity index (χ2n) is 5.68. The van der Waals surface area contributed by atoms with Gasteiger partial charge in [0.2, 0.25) is 11.7 Å². The van der Waals surface area contributed by atoms with Gasteiger partial charge in [0.05, 0.1) is 6.54 Å². The summed E-state index contributed by atoms with van der Waals surface area (Å²) in [4.78, 5) is 16.5. The second-order valence-corrected chi connectivity index (χ2v) is 6.12. The first-order valence-electron chi connectivity index (χ1n) is 8.34. The molecule has 0 fully saturated rings. The average Bonchev–Trinajstić information content (AvgIpc) is 3.15. The predicted molar refractivity (Wildman–Crippen MR) is 97.7 cm³/mol. The van der Waals surface area contributed by atoms with Gasteiger partial charge >= 0.3 is 0 Å². The maximum atomic E-state index is 13.7. The number of nitrogens with one attached hydrogen (secondary N) is 1. The molecule has 3 aromatic rings. The molecule has 2 aromatic carbocycles. The maximum Gasteiger partial charge on any atom is 0.261 e. The van der Waals surface area contributed by atoms with Crippen molar-refractivity contribution in [3.05, 3.63) is 65.3 Å². The van der Waals surface area contributed by atoms with Gasteiger partial charge in [0.25, 0.3) is 5.91 Å². The van der Waals surface area contributed by atoms with Gasteiger partial charge in [0.1, 0.15) is 0 Å². The molecule has 0 radical (unpaired) electrons. The van der Waals surface area contributed by atoms with Crippen molar-refractivity contribution in [1.29, 1.82) is 0 Å². The Labute approximate surface area is 160 Å². The van der Waals surface area contributed by atoms with Gasteiger partial charge in [-0.1, -0.05) is 35.8 Å². The molecule has 6 nitrogen and oxygen atoms in total. The van der Waals surface area contributed by atoms with Crippen LogP contribution in [0, 0.1) is 5.82 Å². The molecule has 1 N–H and O–H groups in total. The van der Waals surface area contributed by atoms with Crippen molar-refractivity contribution in [1.82, 2.24) is 15.5 Å². The summed E-state index contributed by atoms with van der Waals surface area (Å²) in [7, 11) is 0. The first-order valence-corrected chi connectivity index (χ1v) is 8.72. The van der Waals surface area contributed by atoms with Crippen LogP contribution in [0.1, 0.15) is 19.2 Å². The zero-order valence-corrected chi connectivity index (χ0v) is 15.2. The first-order chi connectivity index (χ1) is 13.1. The number of halogens is 2. The lowest BCUT2D eigenvalue weighted by Crippen LogP contribution is -2.37. The molecule has 0 saturated carbocycles. The summed E-state index contributed by atoms with van der Waals surface area (Å²) in [5.41, 5.74) is 0.745. The lowest BCUT2D eigenvalue weighted by atomic mass is 10.2. The molecule has 0 aliphatic carbocycles. The third kappa shape index (κ3) is 4.83. The number of amides is 1. The molecule has 0 bridgehead atoms. The number of nitrogens with zero attached hydrogens (tertiary/aromatic N) is 2. The van der Waals surface area contributed by atoms with E-state index < -0.39 is 17.8 Å². The number of benzene rings is 2. The molecule has 1 heterocycles. The third-order valence-corrected chi connectivity index (χ3v) is 4.01. The highest BCUT2D eigenvalue weighted by Gasteiger charge is 2.20. The minimum Gasteiger partial charge on any atom is -0.478 e. The van der Waals surface area contributed by atoms with Crippen molar-refractivity contribution >= 4 is 17.5 Å². The number of carbonyl (C=O) groups excluding carboxylic acids is 1. The third-order valence-electron chi connectivity index (χ3n) is 3.75. The van der Waals surface area contributed by atoms with Crippen molar-refractivity contribution in [2.75, 3.05) is 0 Å². The Bertz CT molecular complexity index is 915. The standard InChI is InChI=1S/C19H17ClFN3O3/c1-2-15(26-16-6-4-3-5-14(16)21)19(25)22-11-17-23-18(24-27-17)12-7-9-13(20)10-8-12/h3-10,15H,2,11H2,1H3,(H,22,25). The molecule has 8 heteroatoms. The van der Waals surface area contributed by atoms with E-state index in [9.17, 15) is 9.18 Å². The van der Waals surface area contributed by atoms with Crippen molar-refractivity contribution in [2.45, 2.75) is 26.0 Å². The number of hydrogen-bond donors (Lipinski definition) is 1. The van der Waals surface area contributed by atoms with Crippen LogP contribution in [0.25, 0.3) is 11.4 Å². The quantitative estimate of drug-likeness (QED) is 0.660. The summed E-state index contributed by atoms with van der Waals surface area (Å²) in [6.45, 7) is 1.81. The van der Waals surface area contributed by atoms with E-state index in [0.717, 1.165) is 5.56 Å². The Morgan fingerprint density at radius 2 is 2.00 bits per heavy atom. The highest BCUT2D eigenvalue weighted by atomic mass is 35.5. The molecule has 27 heavy (non-hydrogen) atoms. The molecule has 0 aliphatic heterocycles.